The number of hydrogen-bond acceptors (Lipinski definition) is 5. The van der Waals surface area contributed by atoms with Gasteiger partial charge < -0.3 is 20.7 Å². The molecule has 1 aliphatic rings. The van der Waals surface area contributed by atoms with Gasteiger partial charge in [-0.25, -0.2) is 4.79 Å². The zero-order chi connectivity index (χ0) is 12.3. The van der Waals surface area contributed by atoms with Gasteiger partial charge in [0.2, 0.25) is 0 Å². The van der Waals surface area contributed by atoms with E-state index in [1.165, 1.54) is 7.11 Å². The lowest BCUT2D eigenvalue weighted by atomic mass is 10.1. The number of piperazine rings is 1. The lowest BCUT2D eigenvalue weighted by Gasteiger charge is -2.30. The molecule has 1 heterocycles. The summed E-state index contributed by atoms with van der Waals surface area (Å²) in [5.41, 5.74) is 8.07. The van der Waals surface area contributed by atoms with Crippen LogP contribution in [0.4, 0.5) is 11.4 Å². The number of carbonyl (C=O) groups excluding carboxylic acids is 1. The number of ether oxygens (including phenoxy) is 1. The Kier molecular flexibility index (Phi) is 3.49. The predicted octanol–water partition coefficient (Wildman–Crippen LogP) is 0.465. The Morgan fingerprint density at radius 1 is 1.41 bits per heavy atom. The van der Waals surface area contributed by atoms with E-state index in [0.29, 0.717) is 11.3 Å². The summed E-state index contributed by atoms with van der Waals surface area (Å²) >= 11 is 0. The van der Waals surface area contributed by atoms with Crippen LogP contribution in [0.3, 0.4) is 0 Å². The predicted molar refractivity (Wildman–Crippen MR) is 67.3 cm³/mol. The Balaban J connectivity index is 2.21. The molecule has 2 rings (SSSR count). The van der Waals surface area contributed by atoms with Gasteiger partial charge >= 0.3 is 5.97 Å². The molecule has 0 aromatic heterocycles. The highest BCUT2D eigenvalue weighted by molar-refractivity contribution is 5.91. The average molecular weight is 235 g/mol. The van der Waals surface area contributed by atoms with Crippen LogP contribution in [0.15, 0.2) is 18.2 Å². The van der Waals surface area contributed by atoms with Crippen molar-refractivity contribution in [1.29, 1.82) is 0 Å². The number of nitrogen functional groups attached to an aromatic ring is 1. The van der Waals surface area contributed by atoms with Crippen molar-refractivity contribution < 1.29 is 9.53 Å². The Hall–Kier alpha value is -1.75. The lowest BCUT2D eigenvalue weighted by Crippen LogP contribution is -2.43. The molecule has 1 aromatic rings. The smallest absolute Gasteiger partial charge is 0.337 e. The molecule has 0 spiro atoms. The van der Waals surface area contributed by atoms with E-state index < -0.39 is 0 Å². The van der Waals surface area contributed by atoms with Crippen molar-refractivity contribution in [3.63, 3.8) is 0 Å². The van der Waals surface area contributed by atoms with Gasteiger partial charge in [0.1, 0.15) is 0 Å². The molecule has 1 saturated heterocycles. The number of methoxy groups -OCH3 is 1. The Morgan fingerprint density at radius 3 is 2.71 bits per heavy atom. The highest BCUT2D eigenvalue weighted by atomic mass is 16.5. The summed E-state index contributed by atoms with van der Waals surface area (Å²) in [6, 6.07) is 5.30. The van der Waals surface area contributed by atoms with Crippen LogP contribution in [0.1, 0.15) is 10.4 Å². The van der Waals surface area contributed by atoms with E-state index in [2.05, 4.69) is 15.0 Å². The van der Waals surface area contributed by atoms with Crippen molar-refractivity contribution in [2.45, 2.75) is 0 Å². The topological polar surface area (TPSA) is 67.6 Å². The van der Waals surface area contributed by atoms with E-state index in [0.717, 1.165) is 31.9 Å². The summed E-state index contributed by atoms with van der Waals surface area (Å²) in [4.78, 5) is 13.6. The molecule has 5 heteroatoms. The molecule has 1 aliphatic heterocycles. The first-order valence-corrected chi connectivity index (χ1v) is 5.66. The third-order valence-electron chi connectivity index (χ3n) is 2.91. The number of benzene rings is 1. The normalized spacial score (nSPS) is 15.7. The second-order valence-corrected chi connectivity index (χ2v) is 4.00. The zero-order valence-electron chi connectivity index (χ0n) is 9.90. The van der Waals surface area contributed by atoms with E-state index in [1.807, 2.05) is 6.07 Å². The van der Waals surface area contributed by atoms with Gasteiger partial charge in [0.05, 0.1) is 24.0 Å². The fourth-order valence-electron chi connectivity index (χ4n) is 1.99. The number of nitrogens with zero attached hydrogens (tertiary/aromatic N) is 1. The van der Waals surface area contributed by atoms with Crippen LogP contribution in [0.25, 0.3) is 0 Å². The van der Waals surface area contributed by atoms with E-state index in [4.69, 9.17) is 5.73 Å². The highest BCUT2D eigenvalue weighted by Gasteiger charge is 2.14. The number of rotatable bonds is 2. The average Bonchev–Trinajstić information content (AvgIpc) is 2.38. The van der Waals surface area contributed by atoms with E-state index in [1.54, 1.807) is 12.1 Å². The highest BCUT2D eigenvalue weighted by Crippen LogP contribution is 2.24. The van der Waals surface area contributed by atoms with Gasteiger partial charge in [-0.05, 0) is 18.2 Å². The first-order valence-electron chi connectivity index (χ1n) is 5.66. The van der Waals surface area contributed by atoms with Gasteiger partial charge in [0, 0.05) is 26.2 Å². The van der Waals surface area contributed by atoms with Crippen LogP contribution in [-0.2, 0) is 4.74 Å². The second-order valence-electron chi connectivity index (χ2n) is 4.00. The number of carbonyl (C=O) groups is 1. The molecule has 0 atom stereocenters. The number of esters is 1. The third kappa shape index (κ3) is 2.50. The van der Waals surface area contributed by atoms with Gasteiger partial charge in [-0.1, -0.05) is 0 Å². The lowest BCUT2D eigenvalue weighted by molar-refractivity contribution is 0.0601. The van der Waals surface area contributed by atoms with Crippen LogP contribution in [0.2, 0.25) is 0 Å². The van der Waals surface area contributed by atoms with Gasteiger partial charge in [-0.3, -0.25) is 0 Å². The maximum atomic E-state index is 11.4. The molecule has 0 saturated carbocycles. The van der Waals surface area contributed by atoms with Gasteiger partial charge in [-0.15, -0.1) is 0 Å². The van der Waals surface area contributed by atoms with Gasteiger partial charge in [0.25, 0.3) is 0 Å². The Bertz CT molecular complexity index is 414. The number of hydrogen-bond donors (Lipinski definition) is 2. The fourth-order valence-corrected chi connectivity index (χ4v) is 1.99. The molecule has 0 bridgehead atoms. The van der Waals surface area contributed by atoms with Crippen molar-refractivity contribution in [2.24, 2.45) is 0 Å². The van der Waals surface area contributed by atoms with Crippen LogP contribution >= 0.6 is 0 Å². The summed E-state index contributed by atoms with van der Waals surface area (Å²) in [7, 11) is 1.36. The van der Waals surface area contributed by atoms with E-state index in [9.17, 15) is 4.79 Å². The minimum atomic E-state index is -0.358. The van der Waals surface area contributed by atoms with Gasteiger partial charge in [-0.2, -0.15) is 0 Å². The minimum absolute atomic E-state index is 0.358. The van der Waals surface area contributed by atoms with Crippen molar-refractivity contribution in [2.75, 3.05) is 43.9 Å². The molecular formula is C12H17N3O2. The van der Waals surface area contributed by atoms with Crippen molar-refractivity contribution in [1.82, 2.24) is 5.32 Å². The van der Waals surface area contributed by atoms with Crippen LogP contribution < -0.4 is 16.0 Å². The molecule has 0 aliphatic carbocycles. The largest absolute Gasteiger partial charge is 0.465 e. The molecule has 3 N–H and O–H groups in total. The first-order chi connectivity index (χ1) is 8.22. The molecule has 0 unspecified atom stereocenters. The summed E-state index contributed by atoms with van der Waals surface area (Å²) in [6.07, 6.45) is 0. The minimum Gasteiger partial charge on any atom is -0.465 e. The van der Waals surface area contributed by atoms with Crippen LogP contribution in [0.5, 0.6) is 0 Å². The molecule has 0 radical (unpaired) electrons. The molecule has 1 aromatic carbocycles. The van der Waals surface area contributed by atoms with Gasteiger partial charge in [0.15, 0.2) is 0 Å². The fraction of sp³-hybridized carbons (Fsp3) is 0.417. The number of anilines is 2. The van der Waals surface area contributed by atoms with E-state index in [-0.39, 0.29) is 5.97 Å². The second kappa shape index (κ2) is 5.05. The maximum Gasteiger partial charge on any atom is 0.337 e. The summed E-state index contributed by atoms with van der Waals surface area (Å²) in [6.45, 7) is 3.78. The van der Waals surface area contributed by atoms with Crippen molar-refractivity contribution >= 4 is 17.3 Å². The maximum absolute atomic E-state index is 11.4. The molecule has 0 amide bonds. The third-order valence-corrected chi connectivity index (χ3v) is 2.91. The summed E-state index contributed by atoms with van der Waals surface area (Å²) in [5, 5.41) is 3.29. The standard InChI is InChI=1S/C12H17N3O2/c1-17-12(16)9-2-3-11(10(13)8-9)15-6-4-14-5-7-15/h2-3,8,14H,4-7,13H2,1H3. The Morgan fingerprint density at radius 2 is 2.12 bits per heavy atom. The van der Waals surface area contributed by atoms with Crippen molar-refractivity contribution in [3.05, 3.63) is 23.8 Å². The molecule has 92 valence electrons. The van der Waals surface area contributed by atoms with Crippen LogP contribution in [-0.4, -0.2) is 39.3 Å². The quantitative estimate of drug-likeness (QED) is 0.576. The molecule has 5 nitrogen and oxygen atoms in total. The molecule has 1 fully saturated rings. The number of nitrogens with two attached hydrogens (primary N) is 1. The summed E-state index contributed by atoms with van der Waals surface area (Å²) < 4.78 is 4.66. The summed E-state index contributed by atoms with van der Waals surface area (Å²) in [5.74, 6) is -0.358. The zero-order valence-corrected chi connectivity index (χ0v) is 9.90. The van der Waals surface area contributed by atoms with E-state index >= 15 is 0 Å². The van der Waals surface area contributed by atoms with Crippen LogP contribution in [0, 0.1) is 0 Å². The SMILES string of the molecule is COC(=O)c1ccc(N2CCNCC2)c(N)c1. The monoisotopic (exact) mass is 235 g/mol. The molecule has 17 heavy (non-hydrogen) atoms. The first kappa shape index (κ1) is 11.7. The molecular weight excluding hydrogens is 218 g/mol. The number of nitrogens with one attached hydrogen (secondary N) is 1. The van der Waals surface area contributed by atoms with Crippen molar-refractivity contribution in [3.8, 4) is 0 Å². The Labute approximate surface area is 101 Å².